The predicted octanol–water partition coefficient (Wildman–Crippen LogP) is 1.58. The molecule has 0 saturated heterocycles. The Labute approximate surface area is 110 Å². The van der Waals surface area contributed by atoms with Crippen LogP contribution in [0.25, 0.3) is 0 Å². The second kappa shape index (κ2) is 7.51. The van der Waals surface area contributed by atoms with Crippen molar-refractivity contribution in [2.45, 2.75) is 26.3 Å². The summed E-state index contributed by atoms with van der Waals surface area (Å²) in [7, 11) is -3.17. The SMILES string of the molecule is CCN(Cc1ccccc1)S(=O)(=O)CCCCN. The monoisotopic (exact) mass is 270 g/mol. The van der Waals surface area contributed by atoms with E-state index < -0.39 is 10.0 Å². The van der Waals surface area contributed by atoms with Gasteiger partial charge in [-0.05, 0) is 24.9 Å². The van der Waals surface area contributed by atoms with E-state index in [2.05, 4.69) is 0 Å². The molecule has 2 N–H and O–H groups in total. The van der Waals surface area contributed by atoms with Gasteiger partial charge in [0.25, 0.3) is 0 Å². The van der Waals surface area contributed by atoms with Crippen molar-refractivity contribution >= 4 is 10.0 Å². The van der Waals surface area contributed by atoms with Crippen molar-refractivity contribution in [1.29, 1.82) is 0 Å². The highest BCUT2D eigenvalue weighted by molar-refractivity contribution is 7.89. The Kier molecular flexibility index (Phi) is 6.32. The zero-order chi connectivity index (χ0) is 13.4. The van der Waals surface area contributed by atoms with E-state index in [-0.39, 0.29) is 5.75 Å². The van der Waals surface area contributed by atoms with E-state index in [1.54, 1.807) is 0 Å². The molecule has 18 heavy (non-hydrogen) atoms. The minimum Gasteiger partial charge on any atom is -0.330 e. The highest BCUT2D eigenvalue weighted by atomic mass is 32.2. The average molecular weight is 270 g/mol. The third-order valence-electron chi connectivity index (χ3n) is 2.80. The zero-order valence-corrected chi connectivity index (χ0v) is 11.7. The summed E-state index contributed by atoms with van der Waals surface area (Å²) in [5.41, 5.74) is 6.40. The molecule has 0 fully saturated rings. The Morgan fingerprint density at radius 3 is 2.39 bits per heavy atom. The summed E-state index contributed by atoms with van der Waals surface area (Å²) in [5.74, 6) is 0.185. The molecule has 1 aromatic carbocycles. The van der Waals surface area contributed by atoms with Crippen molar-refractivity contribution in [3.8, 4) is 0 Å². The summed E-state index contributed by atoms with van der Waals surface area (Å²) in [6.45, 7) is 3.35. The molecule has 5 heteroatoms. The quantitative estimate of drug-likeness (QED) is 0.729. The maximum atomic E-state index is 12.1. The lowest BCUT2D eigenvalue weighted by molar-refractivity contribution is 0.422. The standard InChI is InChI=1S/C13H22N2O2S/c1-2-15(12-13-8-4-3-5-9-13)18(16,17)11-7-6-10-14/h3-5,8-9H,2,6-7,10-12,14H2,1H3. The van der Waals surface area contributed by atoms with Crippen LogP contribution in [0.1, 0.15) is 25.3 Å². The van der Waals surface area contributed by atoms with Crippen molar-refractivity contribution in [2.75, 3.05) is 18.8 Å². The summed E-state index contributed by atoms with van der Waals surface area (Å²) in [4.78, 5) is 0. The van der Waals surface area contributed by atoms with Crippen molar-refractivity contribution < 1.29 is 8.42 Å². The molecule has 1 aromatic rings. The molecule has 0 aliphatic heterocycles. The Hall–Kier alpha value is -0.910. The molecule has 0 radical (unpaired) electrons. The van der Waals surface area contributed by atoms with E-state index >= 15 is 0 Å². The smallest absolute Gasteiger partial charge is 0.214 e. The van der Waals surface area contributed by atoms with Crippen molar-refractivity contribution in [1.82, 2.24) is 4.31 Å². The fourth-order valence-corrected chi connectivity index (χ4v) is 3.32. The van der Waals surface area contributed by atoms with E-state index in [0.29, 0.717) is 26.1 Å². The molecule has 0 atom stereocenters. The second-order valence-corrected chi connectivity index (χ2v) is 6.31. The molecule has 0 aliphatic carbocycles. The predicted molar refractivity (Wildman–Crippen MR) is 74.6 cm³/mol. The zero-order valence-electron chi connectivity index (χ0n) is 10.9. The van der Waals surface area contributed by atoms with Gasteiger partial charge in [0.1, 0.15) is 0 Å². The highest BCUT2D eigenvalue weighted by Crippen LogP contribution is 2.10. The van der Waals surface area contributed by atoms with Crippen LogP contribution in [-0.4, -0.2) is 31.6 Å². The van der Waals surface area contributed by atoms with Crippen LogP contribution < -0.4 is 5.73 Å². The van der Waals surface area contributed by atoms with Gasteiger partial charge in [0.05, 0.1) is 5.75 Å². The summed E-state index contributed by atoms with van der Waals surface area (Å²) < 4.78 is 25.8. The molecule has 102 valence electrons. The lowest BCUT2D eigenvalue weighted by Gasteiger charge is -2.20. The number of rotatable bonds is 8. The molecule has 0 heterocycles. The fourth-order valence-electron chi connectivity index (χ4n) is 1.75. The van der Waals surface area contributed by atoms with Crippen LogP contribution in [0.3, 0.4) is 0 Å². The maximum Gasteiger partial charge on any atom is 0.214 e. The lowest BCUT2D eigenvalue weighted by atomic mass is 10.2. The van der Waals surface area contributed by atoms with Crippen LogP contribution in [0, 0.1) is 0 Å². The second-order valence-electron chi connectivity index (χ2n) is 4.22. The van der Waals surface area contributed by atoms with Gasteiger partial charge in [-0.3, -0.25) is 0 Å². The van der Waals surface area contributed by atoms with Gasteiger partial charge in [0, 0.05) is 13.1 Å². The number of nitrogens with two attached hydrogens (primary N) is 1. The molecule has 0 bridgehead atoms. The minimum atomic E-state index is -3.17. The van der Waals surface area contributed by atoms with E-state index in [9.17, 15) is 8.42 Å². The number of hydrogen-bond acceptors (Lipinski definition) is 3. The maximum absolute atomic E-state index is 12.1. The number of benzene rings is 1. The van der Waals surface area contributed by atoms with Crippen molar-refractivity contribution in [3.63, 3.8) is 0 Å². The normalized spacial score (nSPS) is 11.9. The Morgan fingerprint density at radius 2 is 1.83 bits per heavy atom. The molecule has 0 unspecified atom stereocenters. The van der Waals surface area contributed by atoms with Crippen LogP contribution in [0.2, 0.25) is 0 Å². The van der Waals surface area contributed by atoms with Crippen molar-refractivity contribution in [3.05, 3.63) is 35.9 Å². The topological polar surface area (TPSA) is 63.4 Å². The van der Waals surface area contributed by atoms with Crippen LogP contribution >= 0.6 is 0 Å². The largest absolute Gasteiger partial charge is 0.330 e. The molecule has 0 aliphatic rings. The first kappa shape index (κ1) is 15.1. The summed E-state index contributed by atoms with van der Waals surface area (Å²) in [5, 5.41) is 0. The first-order valence-electron chi connectivity index (χ1n) is 6.32. The first-order valence-corrected chi connectivity index (χ1v) is 7.93. The third-order valence-corrected chi connectivity index (χ3v) is 4.78. The highest BCUT2D eigenvalue weighted by Gasteiger charge is 2.19. The molecule has 1 rings (SSSR count). The third kappa shape index (κ3) is 4.76. The molecular weight excluding hydrogens is 248 g/mol. The van der Waals surface area contributed by atoms with Gasteiger partial charge in [-0.1, -0.05) is 37.3 Å². The number of unbranched alkanes of at least 4 members (excludes halogenated alkanes) is 1. The van der Waals surface area contributed by atoms with E-state index in [0.717, 1.165) is 12.0 Å². The van der Waals surface area contributed by atoms with Gasteiger partial charge in [0.2, 0.25) is 10.0 Å². The van der Waals surface area contributed by atoms with Gasteiger partial charge in [-0.25, -0.2) is 8.42 Å². The summed E-state index contributed by atoms with van der Waals surface area (Å²) >= 11 is 0. The Balaban J connectivity index is 2.65. The van der Waals surface area contributed by atoms with Gasteiger partial charge in [0.15, 0.2) is 0 Å². The first-order chi connectivity index (χ1) is 8.60. The summed E-state index contributed by atoms with van der Waals surface area (Å²) in [6.07, 6.45) is 1.38. The number of nitrogens with zero attached hydrogens (tertiary/aromatic N) is 1. The molecular formula is C13H22N2O2S. The summed E-state index contributed by atoms with van der Waals surface area (Å²) in [6, 6.07) is 9.65. The molecule has 0 saturated carbocycles. The van der Waals surface area contributed by atoms with Crippen LogP contribution in [-0.2, 0) is 16.6 Å². The average Bonchev–Trinajstić information content (AvgIpc) is 2.37. The lowest BCUT2D eigenvalue weighted by Crippen LogP contribution is -2.32. The Bertz CT molecular complexity index is 432. The number of hydrogen-bond donors (Lipinski definition) is 1. The molecule has 0 amide bonds. The van der Waals surface area contributed by atoms with Crippen LogP contribution in [0.15, 0.2) is 30.3 Å². The van der Waals surface area contributed by atoms with Crippen molar-refractivity contribution in [2.24, 2.45) is 5.73 Å². The van der Waals surface area contributed by atoms with Crippen LogP contribution in [0.4, 0.5) is 0 Å². The van der Waals surface area contributed by atoms with Gasteiger partial charge in [-0.15, -0.1) is 0 Å². The molecule has 4 nitrogen and oxygen atoms in total. The van der Waals surface area contributed by atoms with E-state index in [1.165, 1.54) is 4.31 Å². The van der Waals surface area contributed by atoms with Crippen LogP contribution in [0.5, 0.6) is 0 Å². The number of sulfonamides is 1. The minimum absolute atomic E-state index is 0.185. The van der Waals surface area contributed by atoms with E-state index in [1.807, 2.05) is 37.3 Å². The van der Waals surface area contributed by atoms with E-state index in [4.69, 9.17) is 5.73 Å². The molecule has 0 spiro atoms. The van der Waals surface area contributed by atoms with Gasteiger partial charge in [-0.2, -0.15) is 4.31 Å². The molecule has 0 aromatic heterocycles. The Morgan fingerprint density at radius 1 is 1.17 bits per heavy atom. The van der Waals surface area contributed by atoms with Gasteiger partial charge < -0.3 is 5.73 Å². The van der Waals surface area contributed by atoms with Gasteiger partial charge >= 0.3 is 0 Å². The fraction of sp³-hybridized carbons (Fsp3) is 0.538.